The van der Waals surface area contributed by atoms with Crippen LogP contribution in [0.1, 0.15) is 28.8 Å². The number of nitrogens with zero attached hydrogens (tertiary/aromatic N) is 3. The van der Waals surface area contributed by atoms with Crippen LogP contribution in [0.15, 0.2) is 18.2 Å². The molecule has 1 aromatic rings. The molecule has 3 aliphatic rings. The summed E-state index contributed by atoms with van der Waals surface area (Å²) in [5.74, 6) is 0.259. The lowest BCUT2D eigenvalue weighted by molar-refractivity contribution is 0.0773. The number of nitrogens with one attached hydrogen (secondary N) is 1. The van der Waals surface area contributed by atoms with Crippen LogP contribution in [-0.4, -0.2) is 81.7 Å². The lowest BCUT2D eigenvalue weighted by atomic mass is 10.1. The summed E-state index contributed by atoms with van der Waals surface area (Å²) in [7, 11) is -3.20. The lowest BCUT2D eigenvalue weighted by Gasteiger charge is -2.32. The Balaban J connectivity index is 1.46. The van der Waals surface area contributed by atoms with Gasteiger partial charge in [0, 0.05) is 57.4 Å². The second kappa shape index (κ2) is 7.41. The number of anilines is 1. The molecule has 4 rings (SSSR count). The number of hydrogen-bond donors (Lipinski definition) is 1. The third-order valence-electron chi connectivity index (χ3n) is 5.95. The molecule has 0 aromatic heterocycles. The largest absolute Gasteiger partial charge is 0.337 e. The Morgan fingerprint density at radius 1 is 1.15 bits per heavy atom. The Kier molecular flexibility index (Phi) is 5.13. The van der Waals surface area contributed by atoms with Crippen LogP contribution < -0.4 is 9.62 Å². The van der Waals surface area contributed by atoms with Gasteiger partial charge in [0.25, 0.3) is 5.91 Å². The molecule has 0 spiro atoms. The first-order valence-electron chi connectivity index (χ1n) is 9.81. The van der Waals surface area contributed by atoms with Crippen LogP contribution >= 0.6 is 0 Å². The van der Waals surface area contributed by atoms with Gasteiger partial charge in [0.15, 0.2) is 0 Å². The Morgan fingerprint density at radius 3 is 2.59 bits per heavy atom. The summed E-state index contributed by atoms with van der Waals surface area (Å²) in [5.41, 5.74) is 2.18. The van der Waals surface area contributed by atoms with E-state index in [4.69, 9.17) is 0 Å². The van der Waals surface area contributed by atoms with Crippen molar-refractivity contribution in [1.29, 1.82) is 0 Å². The van der Waals surface area contributed by atoms with Crippen molar-refractivity contribution in [3.05, 3.63) is 29.3 Å². The zero-order valence-electron chi connectivity index (χ0n) is 15.9. The van der Waals surface area contributed by atoms with Crippen molar-refractivity contribution in [3.63, 3.8) is 0 Å². The molecule has 7 nitrogen and oxygen atoms in total. The zero-order valence-corrected chi connectivity index (χ0v) is 16.7. The molecule has 0 radical (unpaired) electrons. The van der Waals surface area contributed by atoms with Gasteiger partial charge in [-0.15, -0.1) is 0 Å². The molecule has 3 fully saturated rings. The molecule has 1 amide bonds. The summed E-state index contributed by atoms with van der Waals surface area (Å²) >= 11 is 0. The number of aryl methyl sites for hydroxylation is 1. The van der Waals surface area contributed by atoms with E-state index in [9.17, 15) is 13.2 Å². The van der Waals surface area contributed by atoms with Gasteiger partial charge in [-0.2, -0.15) is 0 Å². The van der Waals surface area contributed by atoms with E-state index in [1.54, 1.807) is 12.1 Å². The molecule has 0 aliphatic carbocycles. The lowest BCUT2D eigenvalue weighted by Crippen LogP contribution is -2.49. The van der Waals surface area contributed by atoms with Crippen molar-refractivity contribution in [2.24, 2.45) is 0 Å². The first kappa shape index (κ1) is 18.7. The van der Waals surface area contributed by atoms with Gasteiger partial charge in [-0.3, -0.25) is 14.0 Å². The van der Waals surface area contributed by atoms with Crippen molar-refractivity contribution in [2.45, 2.75) is 25.8 Å². The van der Waals surface area contributed by atoms with E-state index >= 15 is 0 Å². The number of benzene rings is 1. The minimum Gasteiger partial charge on any atom is -0.337 e. The smallest absolute Gasteiger partial charge is 0.254 e. The second-order valence-electron chi connectivity index (χ2n) is 7.72. The first-order chi connectivity index (χ1) is 13.0. The minimum absolute atomic E-state index is 0.0564. The van der Waals surface area contributed by atoms with Gasteiger partial charge in [0.05, 0.1) is 11.4 Å². The molecule has 3 heterocycles. The maximum atomic E-state index is 13.0. The van der Waals surface area contributed by atoms with Gasteiger partial charge in [-0.05, 0) is 43.5 Å². The average molecular weight is 393 g/mol. The predicted octanol–water partition coefficient (Wildman–Crippen LogP) is 0.655. The van der Waals surface area contributed by atoms with Crippen molar-refractivity contribution in [1.82, 2.24) is 15.1 Å². The highest BCUT2D eigenvalue weighted by Gasteiger charge is 2.32. The molecule has 1 atom stereocenters. The van der Waals surface area contributed by atoms with Crippen LogP contribution in [0.2, 0.25) is 0 Å². The maximum Gasteiger partial charge on any atom is 0.254 e. The summed E-state index contributed by atoms with van der Waals surface area (Å²) in [6.07, 6.45) is 1.68. The third kappa shape index (κ3) is 3.70. The SMILES string of the molecule is Cc1cc(N2CCCS2(=O)=O)ccc1C(=O)N1CCC(N2CCNCC2)C1. The highest BCUT2D eigenvalue weighted by molar-refractivity contribution is 7.93. The molecule has 148 valence electrons. The molecule has 1 N–H and O–H groups in total. The predicted molar refractivity (Wildman–Crippen MR) is 106 cm³/mol. The fourth-order valence-electron chi connectivity index (χ4n) is 4.41. The van der Waals surface area contributed by atoms with Crippen LogP contribution in [0.25, 0.3) is 0 Å². The standard InChI is InChI=1S/C19H28N4O3S/c1-15-13-16(23-8-2-12-27(23,25)26)3-4-18(15)19(24)22-9-5-17(14-22)21-10-6-20-7-11-21/h3-4,13,17,20H,2,5-12,14H2,1H3. The highest BCUT2D eigenvalue weighted by atomic mass is 32.2. The van der Waals surface area contributed by atoms with E-state index < -0.39 is 10.0 Å². The molecule has 0 bridgehead atoms. The Morgan fingerprint density at radius 2 is 1.93 bits per heavy atom. The number of piperazine rings is 1. The Bertz CT molecular complexity index is 820. The fourth-order valence-corrected chi connectivity index (χ4v) is 5.97. The van der Waals surface area contributed by atoms with Gasteiger partial charge in [-0.25, -0.2) is 8.42 Å². The zero-order chi connectivity index (χ0) is 19.0. The van der Waals surface area contributed by atoms with E-state index in [0.717, 1.165) is 51.3 Å². The molecule has 0 saturated carbocycles. The quantitative estimate of drug-likeness (QED) is 0.818. The van der Waals surface area contributed by atoms with E-state index in [2.05, 4.69) is 10.2 Å². The number of carbonyl (C=O) groups excluding carboxylic acids is 1. The molecule has 1 aromatic carbocycles. The van der Waals surface area contributed by atoms with Crippen molar-refractivity contribution >= 4 is 21.6 Å². The number of sulfonamides is 1. The van der Waals surface area contributed by atoms with E-state index in [-0.39, 0.29) is 11.7 Å². The van der Waals surface area contributed by atoms with Crippen molar-refractivity contribution in [2.75, 3.05) is 55.9 Å². The minimum atomic E-state index is -3.20. The number of rotatable bonds is 3. The van der Waals surface area contributed by atoms with E-state index in [1.165, 1.54) is 4.31 Å². The Hall–Kier alpha value is -1.64. The van der Waals surface area contributed by atoms with Gasteiger partial charge >= 0.3 is 0 Å². The number of carbonyl (C=O) groups is 1. The molecule has 1 unspecified atom stereocenters. The molecule has 8 heteroatoms. The summed E-state index contributed by atoms with van der Waals surface area (Å²) in [4.78, 5) is 17.4. The summed E-state index contributed by atoms with van der Waals surface area (Å²) in [6, 6.07) is 5.84. The summed E-state index contributed by atoms with van der Waals surface area (Å²) < 4.78 is 25.7. The number of hydrogen-bond acceptors (Lipinski definition) is 5. The van der Waals surface area contributed by atoms with Crippen LogP contribution in [0.3, 0.4) is 0 Å². The highest BCUT2D eigenvalue weighted by Crippen LogP contribution is 2.27. The molecular weight excluding hydrogens is 364 g/mol. The van der Waals surface area contributed by atoms with Crippen LogP contribution in [0.5, 0.6) is 0 Å². The maximum absolute atomic E-state index is 13.0. The topological polar surface area (TPSA) is 73.0 Å². The number of likely N-dealkylation sites (tertiary alicyclic amines) is 1. The average Bonchev–Trinajstić information content (AvgIpc) is 3.28. The van der Waals surface area contributed by atoms with Gasteiger partial charge < -0.3 is 10.2 Å². The Labute approximate surface area is 161 Å². The van der Waals surface area contributed by atoms with Gasteiger partial charge in [-0.1, -0.05) is 0 Å². The fraction of sp³-hybridized carbons (Fsp3) is 0.632. The van der Waals surface area contributed by atoms with Crippen LogP contribution in [0.4, 0.5) is 5.69 Å². The summed E-state index contributed by atoms with van der Waals surface area (Å²) in [6.45, 7) is 8.11. The van der Waals surface area contributed by atoms with Crippen molar-refractivity contribution < 1.29 is 13.2 Å². The van der Waals surface area contributed by atoms with E-state index in [1.807, 2.05) is 17.9 Å². The van der Waals surface area contributed by atoms with Crippen molar-refractivity contribution in [3.8, 4) is 0 Å². The van der Waals surface area contributed by atoms with Crippen LogP contribution in [0, 0.1) is 6.92 Å². The third-order valence-corrected chi connectivity index (χ3v) is 7.82. The summed E-state index contributed by atoms with van der Waals surface area (Å²) in [5, 5.41) is 3.37. The van der Waals surface area contributed by atoms with Gasteiger partial charge in [0.1, 0.15) is 0 Å². The monoisotopic (exact) mass is 392 g/mol. The first-order valence-corrected chi connectivity index (χ1v) is 11.4. The molecule has 27 heavy (non-hydrogen) atoms. The molecule has 3 aliphatic heterocycles. The normalized spacial score (nSPS) is 25.9. The van der Waals surface area contributed by atoms with Crippen LogP contribution in [-0.2, 0) is 10.0 Å². The molecular formula is C19H28N4O3S. The number of amides is 1. The van der Waals surface area contributed by atoms with Gasteiger partial charge in [0.2, 0.25) is 10.0 Å². The molecule has 3 saturated heterocycles. The second-order valence-corrected chi connectivity index (χ2v) is 9.73. The van der Waals surface area contributed by atoms with E-state index in [0.29, 0.717) is 30.3 Å².